The quantitative estimate of drug-likeness (QED) is 0.906. The number of ether oxygens (including phenoxy) is 1. The Bertz CT molecular complexity index is 675. The molecule has 5 nitrogen and oxygen atoms in total. The van der Waals surface area contributed by atoms with Gasteiger partial charge in [-0.2, -0.15) is 0 Å². The number of benzene rings is 1. The van der Waals surface area contributed by atoms with Crippen LogP contribution in [-0.2, 0) is 4.79 Å². The molecule has 0 fully saturated rings. The van der Waals surface area contributed by atoms with Crippen LogP contribution < -0.4 is 15.4 Å². The van der Waals surface area contributed by atoms with Crippen LogP contribution in [0.15, 0.2) is 41.0 Å². The lowest BCUT2D eigenvalue weighted by atomic mass is 10.1. The van der Waals surface area contributed by atoms with Crippen molar-refractivity contribution in [1.29, 1.82) is 0 Å². The highest BCUT2D eigenvalue weighted by Gasteiger charge is 2.31. The zero-order valence-electron chi connectivity index (χ0n) is 10.7. The number of amides is 1. The van der Waals surface area contributed by atoms with E-state index in [1.54, 1.807) is 19.4 Å². The molecule has 102 valence electrons. The van der Waals surface area contributed by atoms with E-state index in [2.05, 4.69) is 31.5 Å². The molecule has 2 N–H and O–H groups in total. The smallest absolute Gasteiger partial charge is 0.251 e. The Labute approximate surface area is 124 Å². The molecule has 0 radical (unpaired) electrons. The Morgan fingerprint density at radius 3 is 3.05 bits per heavy atom. The van der Waals surface area contributed by atoms with E-state index < -0.39 is 6.04 Å². The van der Waals surface area contributed by atoms with E-state index in [-0.39, 0.29) is 5.91 Å². The first-order valence-electron chi connectivity index (χ1n) is 6.05. The SMILES string of the molecule is COc1ncccc1NC1C(=O)Nc2ccc(Br)cc21. The van der Waals surface area contributed by atoms with E-state index in [0.29, 0.717) is 11.6 Å². The standard InChI is InChI=1S/C14H12BrN3O2/c1-20-14-11(3-2-6-16-14)17-12-9-7-8(15)4-5-10(9)18-13(12)19/h2-7,12,17H,1H3,(H,18,19). The summed E-state index contributed by atoms with van der Waals surface area (Å²) >= 11 is 3.42. The fourth-order valence-corrected chi connectivity index (χ4v) is 2.57. The van der Waals surface area contributed by atoms with E-state index in [1.807, 2.05) is 24.3 Å². The zero-order chi connectivity index (χ0) is 14.1. The molecule has 3 rings (SSSR count). The zero-order valence-corrected chi connectivity index (χ0v) is 12.3. The first-order valence-corrected chi connectivity index (χ1v) is 6.84. The number of halogens is 1. The summed E-state index contributed by atoms with van der Waals surface area (Å²) in [5.74, 6) is 0.368. The number of nitrogens with zero attached hydrogens (tertiary/aromatic N) is 1. The molecule has 2 aromatic rings. The van der Waals surface area contributed by atoms with E-state index in [1.165, 1.54) is 0 Å². The highest BCUT2D eigenvalue weighted by molar-refractivity contribution is 9.10. The van der Waals surface area contributed by atoms with Crippen molar-refractivity contribution in [1.82, 2.24) is 4.98 Å². The molecule has 2 heterocycles. The topological polar surface area (TPSA) is 63.2 Å². The Balaban J connectivity index is 1.96. The summed E-state index contributed by atoms with van der Waals surface area (Å²) in [5, 5.41) is 6.02. The van der Waals surface area contributed by atoms with Gasteiger partial charge < -0.3 is 15.4 Å². The molecule has 1 aliphatic rings. The molecule has 1 aliphatic heterocycles. The lowest BCUT2D eigenvalue weighted by Crippen LogP contribution is -2.20. The van der Waals surface area contributed by atoms with Crippen LogP contribution in [0.1, 0.15) is 11.6 Å². The minimum absolute atomic E-state index is 0.0935. The van der Waals surface area contributed by atoms with Gasteiger partial charge in [0.25, 0.3) is 5.91 Å². The largest absolute Gasteiger partial charge is 0.480 e. The van der Waals surface area contributed by atoms with Crippen molar-refractivity contribution in [3.8, 4) is 5.88 Å². The monoisotopic (exact) mass is 333 g/mol. The van der Waals surface area contributed by atoms with Gasteiger partial charge in [0.15, 0.2) is 0 Å². The van der Waals surface area contributed by atoms with E-state index in [4.69, 9.17) is 4.74 Å². The molecule has 0 saturated carbocycles. The summed E-state index contributed by atoms with van der Waals surface area (Å²) in [5.41, 5.74) is 2.40. The van der Waals surface area contributed by atoms with Crippen molar-refractivity contribution in [3.05, 3.63) is 46.6 Å². The molecule has 6 heteroatoms. The second-order valence-corrected chi connectivity index (χ2v) is 5.27. The molecule has 1 aromatic heterocycles. The van der Waals surface area contributed by atoms with Crippen LogP contribution >= 0.6 is 15.9 Å². The molecular weight excluding hydrogens is 322 g/mol. The summed E-state index contributed by atoms with van der Waals surface area (Å²) in [6.45, 7) is 0. The molecule has 1 aromatic carbocycles. The maximum Gasteiger partial charge on any atom is 0.251 e. The van der Waals surface area contributed by atoms with Crippen molar-refractivity contribution in [2.24, 2.45) is 0 Å². The van der Waals surface area contributed by atoms with Crippen LogP contribution in [0.2, 0.25) is 0 Å². The summed E-state index contributed by atoms with van der Waals surface area (Å²) in [6.07, 6.45) is 1.64. The highest BCUT2D eigenvalue weighted by atomic mass is 79.9. The number of nitrogens with one attached hydrogen (secondary N) is 2. The predicted octanol–water partition coefficient (Wildman–Crippen LogP) is 2.96. The summed E-state index contributed by atoms with van der Waals surface area (Å²) < 4.78 is 6.12. The second kappa shape index (κ2) is 5.13. The minimum atomic E-state index is -0.458. The van der Waals surface area contributed by atoms with Gasteiger partial charge >= 0.3 is 0 Å². The molecular formula is C14H12BrN3O2. The Morgan fingerprint density at radius 1 is 1.40 bits per heavy atom. The van der Waals surface area contributed by atoms with Crippen LogP contribution in [0.25, 0.3) is 0 Å². The number of hydrogen-bond donors (Lipinski definition) is 2. The summed E-state index contributed by atoms with van der Waals surface area (Å²) in [4.78, 5) is 16.2. The highest BCUT2D eigenvalue weighted by Crippen LogP contribution is 2.36. The molecule has 1 atom stereocenters. The van der Waals surface area contributed by atoms with Gasteiger partial charge in [-0.05, 0) is 30.3 Å². The van der Waals surface area contributed by atoms with Gasteiger partial charge in [0.1, 0.15) is 6.04 Å². The molecule has 20 heavy (non-hydrogen) atoms. The fourth-order valence-electron chi connectivity index (χ4n) is 2.19. The average molecular weight is 334 g/mol. The maximum absolute atomic E-state index is 12.1. The molecule has 0 spiro atoms. The first-order chi connectivity index (χ1) is 9.69. The lowest BCUT2D eigenvalue weighted by Gasteiger charge is -2.15. The number of aromatic nitrogens is 1. The van der Waals surface area contributed by atoms with Gasteiger partial charge in [0.05, 0.1) is 12.8 Å². The Kier molecular flexibility index (Phi) is 3.31. The van der Waals surface area contributed by atoms with Gasteiger partial charge in [-0.3, -0.25) is 4.79 Å². The Morgan fingerprint density at radius 2 is 2.25 bits per heavy atom. The first kappa shape index (κ1) is 12.9. The van der Waals surface area contributed by atoms with Crippen molar-refractivity contribution in [3.63, 3.8) is 0 Å². The summed E-state index contributed by atoms with van der Waals surface area (Å²) in [6, 6.07) is 8.86. The minimum Gasteiger partial charge on any atom is -0.480 e. The third kappa shape index (κ3) is 2.22. The van der Waals surface area contributed by atoms with Crippen molar-refractivity contribution in [2.75, 3.05) is 17.7 Å². The average Bonchev–Trinajstić information content (AvgIpc) is 2.76. The van der Waals surface area contributed by atoms with Gasteiger partial charge in [0.2, 0.25) is 5.88 Å². The number of anilines is 2. The van der Waals surface area contributed by atoms with Gasteiger partial charge in [-0.25, -0.2) is 4.98 Å². The summed E-state index contributed by atoms with van der Waals surface area (Å²) in [7, 11) is 1.55. The number of hydrogen-bond acceptors (Lipinski definition) is 4. The number of pyridine rings is 1. The number of methoxy groups -OCH3 is 1. The molecule has 0 saturated heterocycles. The fraction of sp³-hybridized carbons (Fsp3) is 0.143. The number of fused-ring (bicyclic) bond motifs is 1. The van der Waals surface area contributed by atoms with Gasteiger partial charge in [-0.1, -0.05) is 15.9 Å². The van der Waals surface area contributed by atoms with Crippen molar-refractivity contribution >= 4 is 33.2 Å². The van der Waals surface area contributed by atoms with E-state index >= 15 is 0 Å². The van der Waals surface area contributed by atoms with Crippen LogP contribution in [-0.4, -0.2) is 18.0 Å². The number of rotatable bonds is 3. The van der Waals surface area contributed by atoms with Crippen LogP contribution in [0.5, 0.6) is 5.88 Å². The normalized spacial score (nSPS) is 16.5. The predicted molar refractivity (Wildman–Crippen MR) is 79.9 cm³/mol. The Hall–Kier alpha value is -2.08. The third-order valence-electron chi connectivity index (χ3n) is 3.11. The molecule has 1 unspecified atom stereocenters. The maximum atomic E-state index is 12.1. The van der Waals surface area contributed by atoms with Gasteiger partial charge in [-0.15, -0.1) is 0 Å². The van der Waals surface area contributed by atoms with Crippen LogP contribution in [0.3, 0.4) is 0 Å². The molecule has 0 bridgehead atoms. The van der Waals surface area contributed by atoms with E-state index in [9.17, 15) is 4.79 Å². The third-order valence-corrected chi connectivity index (χ3v) is 3.60. The second-order valence-electron chi connectivity index (χ2n) is 4.36. The number of carbonyl (C=O) groups excluding carboxylic acids is 1. The number of carbonyl (C=O) groups is 1. The molecule has 1 amide bonds. The van der Waals surface area contributed by atoms with Crippen LogP contribution in [0.4, 0.5) is 11.4 Å². The van der Waals surface area contributed by atoms with Gasteiger partial charge in [0, 0.05) is 21.9 Å². The van der Waals surface area contributed by atoms with Crippen LogP contribution in [0, 0.1) is 0 Å². The van der Waals surface area contributed by atoms with E-state index in [0.717, 1.165) is 15.7 Å². The lowest BCUT2D eigenvalue weighted by molar-refractivity contribution is -0.116. The van der Waals surface area contributed by atoms with Crippen molar-refractivity contribution in [2.45, 2.75) is 6.04 Å². The molecule has 0 aliphatic carbocycles. The van der Waals surface area contributed by atoms with Crippen molar-refractivity contribution < 1.29 is 9.53 Å².